The number of nitrogens with zero attached hydrogens (tertiary/aromatic N) is 2. The number of carbonyl (C=O) groups is 2. The molecule has 1 aromatic heterocycles. The lowest BCUT2D eigenvalue weighted by molar-refractivity contribution is -0.380. The van der Waals surface area contributed by atoms with E-state index >= 15 is 0 Å². The van der Waals surface area contributed by atoms with Crippen molar-refractivity contribution in [2.45, 2.75) is 25.8 Å². The number of nitro groups is 1. The van der Waals surface area contributed by atoms with Gasteiger partial charge in [-0.1, -0.05) is 24.7 Å². The molecule has 0 aromatic carbocycles. The molecule has 9 heteroatoms. The summed E-state index contributed by atoms with van der Waals surface area (Å²) in [6, 6.07) is 0.760. The molecule has 0 bridgehead atoms. The maximum atomic E-state index is 12.4. The highest BCUT2D eigenvalue weighted by Crippen LogP contribution is 2.27. The molecule has 1 fully saturated rings. The van der Waals surface area contributed by atoms with E-state index in [1.165, 1.54) is 28.1 Å². The Bertz CT molecular complexity index is 575. The number of amides is 2. The first-order chi connectivity index (χ1) is 10.5. The minimum atomic E-state index is -0.519. The van der Waals surface area contributed by atoms with Gasteiger partial charge in [-0.05, 0) is 6.42 Å². The number of hydrogen-bond donors (Lipinski definition) is 1. The van der Waals surface area contributed by atoms with Gasteiger partial charge < -0.3 is 10.2 Å². The van der Waals surface area contributed by atoms with Crippen LogP contribution in [0.3, 0.4) is 0 Å². The number of nitrogens with one attached hydrogen (secondary N) is 1. The van der Waals surface area contributed by atoms with Gasteiger partial charge in [-0.25, -0.2) is 0 Å². The predicted molar refractivity (Wildman–Crippen MR) is 86.2 cm³/mol. The van der Waals surface area contributed by atoms with E-state index in [2.05, 4.69) is 5.32 Å². The Morgan fingerprint density at radius 1 is 1.55 bits per heavy atom. The molecule has 1 unspecified atom stereocenters. The number of carbonyl (C=O) groups excluding carboxylic acids is 2. The highest BCUT2D eigenvalue weighted by molar-refractivity contribution is 7.99. The Morgan fingerprint density at radius 2 is 2.32 bits per heavy atom. The Kier molecular flexibility index (Phi) is 5.78. The first-order valence-corrected chi connectivity index (χ1v) is 8.97. The topological polar surface area (TPSA) is 92.6 Å². The molecule has 2 heterocycles. The summed E-state index contributed by atoms with van der Waals surface area (Å²) in [5.74, 6) is 0.492. The van der Waals surface area contributed by atoms with Crippen LogP contribution in [0.15, 0.2) is 11.4 Å². The fourth-order valence-electron chi connectivity index (χ4n) is 2.06. The number of thiophene rings is 1. The summed E-state index contributed by atoms with van der Waals surface area (Å²) in [6.45, 7) is 2.64. The van der Waals surface area contributed by atoms with Crippen molar-refractivity contribution >= 4 is 39.9 Å². The van der Waals surface area contributed by atoms with E-state index in [0.717, 1.165) is 24.2 Å². The van der Waals surface area contributed by atoms with Crippen molar-refractivity contribution in [1.29, 1.82) is 0 Å². The summed E-state index contributed by atoms with van der Waals surface area (Å²) >= 11 is 2.43. The predicted octanol–water partition coefficient (Wildman–Crippen LogP) is 2.09. The second-order valence-electron chi connectivity index (χ2n) is 4.87. The zero-order valence-corrected chi connectivity index (χ0v) is 13.7. The number of thioether (sulfide) groups is 1. The number of hydrogen-bond acceptors (Lipinski definition) is 6. The molecule has 1 N–H and O–H groups in total. The van der Waals surface area contributed by atoms with Crippen LogP contribution in [-0.4, -0.2) is 45.9 Å². The van der Waals surface area contributed by atoms with Crippen molar-refractivity contribution in [2.24, 2.45) is 0 Å². The third-order valence-electron chi connectivity index (χ3n) is 3.29. The van der Waals surface area contributed by atoms with Crippen LogP contribution in [0, 0.1) is 10.1 Å². The van der Waals surface area contributed by atoms with Gasteiger partial charge in [0.2, 0.25) is 5.91 Å². The standard InChI is InChI=1S/C13H17N3O4S2/c1-2-3-4-14-12(17)10-7-21-8-15(10)13(18)9-5-11(16(19)20)22-6-9/h5-6,10H,2-4,7-8H2,1H3,(H,14,17). The Labute approximate surface area is 136 Å². The molecule has 1 aliphatic rings. The summed E-state index contributed by atoms with van der Waals surface area (Å²) in [4.78, 5) is 36.3. The molecular formula is C13H17N3O4S2. The lowest BCUT2D eigenvalue weighted by Gasteiger charge is -2.22. The Hall–Kier alpha value is -1.61. The summed E-state index contributed by atoms with van der Waals surface area (Å²) in [6.07, 6.45) is 1.89. The SMILES string of the molecule is CCCCNC(=O)C1CSCN1C(=O)c1csc([N+](=O)[O-])c1. The molecule has 1 saturated heterocycles. The third kappa shape index (κ3) is 3.77. The van der Waals surface area contributed by atoms with Crippen LogP contribution >= 0.6 is 23.1 Å². The van der Waals surface area contributed by atoms with Gasteiger partial charge in [0, 0.05) is 23.7 Å². The van der Waals surface area contributed by atoms with Crippen molar-refractivity contribution < 1.29 is 14.5 Å². The van der Waals surface area contributed by atoms with Crippen LogP contribution in [0.2, 0.25) is 0 Å². The molecular weight excluding hydrogens is 326 g/mol. The van der Waals surface area contributed by atoms with E-state index in [-0.39, 0.29) is 22.4 Å². The number of unbranched alkanes of at least 4 members (excludes halogenated alkanes) is 1. The fraction of sp³-hybridized carbons (Fsp3) is 0.538. The van der Waals surface area contributed by atoms with Crippen LogP contribution < -0.4 is 5.32 Å². The Morgan fingerprint density at radius 3 is 2.95 bits per heavy atom. The third-order valence-corrected chi connectivity index (χ3v) is 5.18. The molecule has 1 atom stereocenters. The van der Waals surface area contributed by atoms with Gasteiger partial charge in [0.1, 0.15) is 6.04 Å². The van der Waals surface area contributed by atoms with E-state index in [1.54, 1.807) is 0 Å². The minimum Gasteiger partial charge on any atom is -0.354 e. The zero-order chi connectivity index (χ0) is 16.1. The molecule has 0 spiro atoms. The van der Waals surface area contributed by atoms with Gasteiger partial charge >= 0.3 is 5.00 Å². The fourth-order valence-corrected chi connectivity index (χ4v) is 3.92. The Balaban J connectivity index is 2.04. The normalized spacial score (nSPS) is 17.5. The second-order valence-corrected chi connectivity index (χ2v) is 6.76. The van der Waals surface area contributed by atoms with Gasteiger partial charge in [-0.15, -0.1) is 11.8 Å². The van der Waals surface area contributed by atoms with Crippen LogP contribution in [0.4, 0.5) is 5.00 Å². The molecule has 7 nitrogen and oxygen atoms in total. The molecule has 2 amide bonds. The summed E-state index contributed by atoms with van der Waals surface area (Å²) in [5, 5.41) is 14.9. The molecule has 1 aromatic rings. The van der Waals surface area contributed by atoms with E-state index in [9.17, 15) is 19.7 Å². The lowest BCUT2D eigenvalue weighted by atomic mass is 10.2. The van der Waals surface area contributed by atoms with Crippen LogP contribution in [-0.2, 0) is 4.79 Å². The van der Waals surface area contributed by atoms with Gasteiger partial charge in [0.25, 0.3) is 5.91 Å². The van der Waals surface area contributed by atoms with Crippen LogP contribution in [0.25, 0.3) is 0 Å². The molecule has 0 saturated carbocycles. The summed E-state index contributed by atoms with van der Waals surface area (Å²) in [5.41, 5.74) is 0.269. The largest absolute Gasteiger partial charge is 0.354 e. The maximum absolute atomic E-state index is 12.4. The first-order valence-electron chi connectivity index (χ1n) is 6.94. The molecule has 120 valence electrons. The van der Waals surface area contributed by atoms with E-state index in [4.69, 9.17) is 0 Å². The lowest BCUT2D eigenvalue weighted by Crippen LogP contribution is -2.47. The van der Waals surface area contributed by atoms with Gasteiger partial charge in [-0.3, -0.25) is 19.7 Å². The van der Waals surface area contributed by atoms with Crippen molar-refractivity contribution in [2.75, 3.05) is 18.2 Å². The molecule has 0 aliphatic carbocycles. The highest BCUT2D eigenvalue weighted by atomic mass is 32.2. The second kappa shape index (κ2) is 7.59. The summed E-state index contributed by atoms with van der Waals surface area (Å²) in [7, 11) is 0. The van der Waals surface area contributed by atoms with E-state index in [1.807, 2.05) is 6.92 Å². The zero-order valence-electron chi connectivity index (χ0n) is 12.1. The average Bonchev–Trinajstić information content (AvgIpc) is 3.16. The highest BCUT2D eigenvalue weighted by Gasteiger charge is 2.35. The van der Waals surface area contributed by atoms with Gasteiger partial charge in [0.15, 0.2) is 0 Å². The molecule has 0 radical (unpaired) electrons. The molecule has 1 aliphatic heterocycles. The van der Waals surface area contributed by atoms with Crippen molar-refractivity contribution in [3.63, 3.8) is 0 Å². The monoisotopic (exact) mass is 343 g/mol. The van der Waals surface area contributed by atoms with Gasteiger partial charge in [-0.2, -0.15) is 0 Å². The van der Waals surface area contributed by atoms with Crippen molar-refractivity contribution in [3.8, 4) is 0 Å². The first kappa shape index (κ1) is 16.8. The molecule has 2 rings (SSSR count). The quantitative estimate of drug-likeness (QED) is 0.485. The maximum Gasteiger partial charge on any atom is 0.324 e. The van der Waals surface area contributed by atoms with Crippen molar-refractivity contribution in [1.82, 2.24) is 10.2 Å². The summed E-state index contributed by atoms with van der Waals surface area (Å²) < 4.78 is 0. The van der Waals surface area contributed by atoms with E-state index < -0.39 is 11.0 Å². The van der Waals surface area contributed by atoms with Crippen LogP contribution in [0.1, 0.15) is 30.1 Å². The number of rotatable bonds is 6. The average molecular weight is 343 g/mol. The van der Waals surface area contributed by atoms with Gasteiger partial charge in [0.05, 0.1) is 16.4 Å². The van der Waals surface area contributed by atoms with E-state index in [0.29, 0.717) is 18.2 Å². The minimum absolute atomic E-state index is 0.0702. The van der Waals surface area contributed by atoms with Crippen LogP contribution in [0.5, 0.6) is 0 Å². The molecule has 22 heavy (non-hydrogen) atoms. The smallest absolute Gasteiger partial charge is 0.324 e. The van der Waals surface area contributed by atoms with Crippen molar-refractivity contribution in [3.05, 3.63) is 27.1 Å².